The highest BCUT2D eigenvalue weighted by Crippen LogP contribution is 2.37. The first-order chi connectivity index (χ1) is 12.2. The van der Waals surface area contributed by atoms with Crippen LogP contribution in [-0.4, -0.2) is 10.2 Å². The zero-order valence-corrected chi connectivity index (χ0v) is 14.2. The molecule has 0 bridgehead atoms. The molecule has 122 valence electrons. The van der Waals surface area contributed by atoms with E-state index in [1.54, 1.807) is 0 Å². The molecule has 3 nitrogen and oxygen atoms in total. The van der Waals surface area contributed by atoms with Gasteiger partial charge >= 0.3 is 0 Å². The molecular weight excluding hydrogens is 308 g/mol. The first-order valence-electron chi connectivity index (χ1n) is 8.28. The van der Waals surface area contributed by atoms with E-state index in [9.17, 15) is 0 Å². The average molecular weight is 326 g/mol. The Morgan fingerprint density at radius 1 is 0.760 bits per heavy atom. The van der Waals surface area contributed by atoms with Crippen LogP contribution in [0.2, 0.25) is 0 Å². The van der Waals surface area contributed by atoms with E-state index in [1.807, 2.05) is 30.4 Å². The van der Waals surface area contributed by atoms with Gasteiger partial charge in [-0.25, -0.2) is 0 Å². The van der Waals surface area contributed by atoms with Crippen LogP contribution in [0.15, 0.2) is 65.1 Å². The van der Waals surface area contributed by atoms with Gasteiger partial charge in [-0.1, -0.05) is 60.2 Å². The van der Waals surface area contributed by atoms with Gasteiger partial charge in [0.15, 0.2) is 0 Å². The summed E-state index contributed by atoms with van der Waals surface area (Å²) in [5.41, 5.74) is 6.85. The third-order valence-electron chi connectivity index (χ3n) is 4.28. The molecule has 0 aliphatic heterocycles. The van der Waals surface area contributed by atoms with Crippen LogP contribution in [0.4, 0.5) is 0 Å². The number of rotatable bonds is 3. The summed E-state index contributed by atoms with van der Waals surface area (Å²) in [7, 11) is 0. The summed E-state index contributed by atoms with van der Waals surface area (Å²) in [4.78, 5) is 0. The maximum atomic E-state index is 5.86. The number of aryl methyl sites for hydroxylation is 2. The summed E-state index contributed by atoms with van der Waals surface area (Å²) in [5.74, 6) is 1.05. The summed E-state index contributed by atoms with van der Waals surface area (Å²) in [5, 5.41) is 8.38. The number of hydrogen-bond donors (Lipinski definition) is 0. The molecule has 0 N–H and O–H groups in total. The molecule has 1 aromatic carbocycles. The van der Waals surface area contributed by atoms with Gasteiger partial charge in [0.25, 0.3) is 0 Å². The highest BCUT2D eigenvalue weighted by Gasteiger charge is 2.17. The van der Waals surface area contributed by atoms with Crippen LogP contribution in [0.5, 0.6) is 0 Å². The molecule has 3 heteroatoms. The Bertz CT molecular complexity index is 1010. The van der Waals surface area contributed by atoms with E-state index in [4.69, 9.17) is 4.42 Å². The second-order valence-corrected chi connectivity index (χ2v) is 6.17. The van der Waals surface area contributed by atoms with Crippen LogP contribution in [0.3, 0.4) is 0 Å². The van der Waals surface area contributed by atoms with Crippen molar-refractivity contribution >= 4 is 12.2 Å². The maximum Gasteiger partial charge on any atom is 0.248 e. The van der Waals surface area contributed by atoms with E-state index in [-0.39, 0.29) is 0 Å². The first kappa shape index (κ1) is 15.3. The Balaban J connectivity index is 1.65. The SMILES string of the molecule is Cc1ccc(/C=C/c2nnc(-c3cc(C)c4cccccc3-4)o2)cc1. The summed E-state index contributed by atoms with van der Waals surface area (Å²) >= 11 is 0. The van der Waals surface area contributed by atoms with Gasteiger partial charge < -0.3 is 4.42 Å². The van der Waals surface area contributed by atoms with Crippen LogP contribution in [0.25, 0.3) is 34.7 Å². The highest BCUT2D eigenvalue weighted by molar-refractivity contribution is 5.86. The van der Waals surface area contributed by atoms with Crippen molar-refractivity contribution < 1.29 is 4.42 Å². The van der Waals surface area contributed by atoms with Crippen LogP contribution >= 0.6 is 0 Å². The van der Waals surface area contributed by atoms with Crippen LogP contribution in [0.1, 0.15) is 22.6 Å². The van der Waals surface area contributed by atoms with Gasteiger partial charge in [0, 0.05) is 11.6 Å². The van der Waals surface area contributed by atoms with E-state index in [2.05, 4.69) is 66.5 Å². The fourth-order valence-corrected chi connectivity index (χ4v) is 2.93. The fraction of sp³-hybridized carbons (Fsp3) is 0.0909. The van der Waals surface area contributed by atoms with Crippen molar-refractivity contribution in [3.63, 3.8) is 0 Å². The van der Waals surface area contributed by atoms with Gasteiger partial charge in [-0.3, -0.25) is 0 Å². The first-order valence-corrected chi connectivity index (χ1v) is 8.28. The van der Waals surface area contributed by atoms with E-state index >= 15 is 0 Å². The number of fused-ring (bicyclic) bond motifs is 1. The molecule has 0 fully saturated rings. The molecule has 0 saturated heterocycles. The lowest BCUT2D eigenvalue weighted by atomic mass is 10.1. The van der Waals surface area contributed by atoms with E-state index < -0.39 is 0 Å². The molecule has 2 aromatic rings. The van der Waals surface area contributed by atoms with Crippen LogP contribution < -0.4 is 0 Å². The van der Waals surface area contributed by atoms with Crippen molar-refractivity contribution in [3.05, 3.63) is 83.2 Å². The molecule has 0 amide bonds. The van der Waals surface area contributed by atoms with Crippen molar-refractivity contribution in [2.45, 2.75) is 13.8 Å². The molecule has 4 rings (SSSR count). The average Bonchev–Trinajstić information content (AvgIpc) is 3.10. The summed E-state index contributed by atoms with van der Waals surface area (Å²) < 4.78 is 5.86. The van der Waals surface area contributed by atoms with Crippen LogP contribution in [-0.2, 0) is 0 Å². The molecule has 0 radical (unpaired) electrons. The minimum atomic E-state index is 0.503. The second-order valence-electron chi connectivity index (χ2n) is 6.17. The third kappa shape index (κ3) is 3.09. The molecule has 25 heavy (non-hydrogen) atoms. The number of hydrogen-bond acceptors (Lipinski definition) is 3. The molecule has 0 atom stereocenters. The lowest BCUT2D eigenvalue weighted by Gasteiger charge is -1.96. The molecule has 0 spiro atoms. The second kappa shape index (κ2) is 6.36. The topological polar surface area (TPSA) is 38.9 Å². The minimum Gasteiger partial charge on any atom is -0.417 e. The molecular formula is C22H18N2O. The van der Waals surface area contributed by atoms with Crippen molar-refractivity contribution in [2.75, 3.05) is 0 Å². The fourth-order valence-electron chi connectivity index (χ4n) is 2.93. The molecule has 0 saturated carbocycles. The molecule has 1 aromatic heterocycles. The molecule has 2 aliphatic rings. The smallest absolute Gasteiger partial charge is 0.248 e. The van der Waals surface area contributed by atoms with Crippen molar-refractivity contribution in [3.8, 4) is 22.6 Å². The van der Waals surface area contributed by atoms with Gasteiger partial charge in [-0.15, -0.1) is 10.2 Å². The molecule has 1 heterocycles. The lowest BCUT2D eigenvalue weighted by molar-refractivity contribution is 0.558. The zero-order chi connectivity index (χ0) is 17.2. The third-order valence-corrected chi connectivity index (χ3v) is 4.28. The van der Waals surface area contributed by atoms with Gasteiger partial charge in [0.1, 0.15) is 0 Å². The van der Waals surface area contributed by atoms with Crippen LogP contribution in [0, 0.1) is 13.8 Å². The lowest BCUT2D eigenvalue weighted by Crippen LogP contribution is -1.76. The monoisotopic (exact) mass is 326 g/mol. The number of aromatic nitrogens is 2. The van der Waals surface area contributed by atoms with Crippen molar-refractivity contribution in [1.29, 1.82) is 0 Å². The predicted octanol–water partition coefficient (Wildman–Crippen LogP) is 5.63. The maximum absolute atomic E-state index is 5.86. The van der Waals surface area contributed by atoms with E-state index in [0.717, 1.165) is 16.7 Å². The highest BCUT2D eigenvalue weighted by atomic mass is 16.4. The normalized spacial score (nSPS) is 11.4. The van der Waals surface area contributed by atoms with Gasteiger partial charge in [-0.05, 0) is 48.2 Å². The summed E-state index contributed by atoms with van der Waals surface area (Å²) in [6, 6.07) is 20.7. The Morgan fingerprint density at radius 2 is 1.52 bits per heavy atom. The van der Waals surface area contributed by atoms with Crippen molar-refractivity contribution in [1.82, 2.24) is 10.2 Å². The quantitative estimate of drug-likeness (QED) is 0.490. The van der Waals surface area contributed by atoms with Gasteiger partial charge in [0.2, 0.25) is 11.8 Å². The molecule has 0 unspecified atom stereocenters. The molecule has 2 aliphatic carbocycles. The Hall–Kier alpha value is -3.20. The van der Waals surface area contributed by atoms with Gasteiger partial charge in [-0.2, -0.15) is 0 Å². The zero-order valence-electron chi connectivity index (χ0n) is 14.2. The van der Waals surface area contributed by atoms with Crippen molar-refractivity contribution in [2.24, 2.45) is 0 Å². The van der Waals surface area contributed by atoms with Gasteiger partial charge in [0.05, 0.1) is 0 Å². The minimum absolute atomic E-state index is 0.503. The predicted molar refractivity (Wildman–Crippen MR) is 101 cm³/mol. The Kier molecular flexibility index (Phi) is 3.90. The Morgan fingerprint density at radius 3 is 2.32 bits per heavy atom. The number of nitrogens with zero attached hydrogens (tertiary/aromatic N) is 2. The van der Waals surface area contributed by atoms with E-state index in [1.165, 1.54) is 16.7 Å². The largest absolute Gasteiger partial charge is 0.417 e. The van der Waals surface area contributed by atoms with E-state index in [0.29, 0.717) is 11.8 Å². The summed E-state index contributed by atoms with van der Waals surface area (Å²) in [6.07, 6.45) is 3.82. The standard InChI is InChI=1S/C22H18N2O/c1-15-8-10-17(11-9-15)12-13-21-23-24-22(25-21)20-14-16(2)18-6-4-3-5-7-19(18)20/h3-14H,1-2H3/b13-12+. The Labute approximate surface area is 147 Å². The summed E-state index contributed by atoms with van der Waals surface area (Å²) in [6.45, 7) is 4.17. The number of benzene rings is 1.